The zero-order valence-electron chi connectivity index (χ0n) is 12.2. The molecule has 0 bridgehead atoms. The third-order valence-electron chi connectivity index (χ3n) is 3.42. The Hall–Kier alpha value is -2.32. The third kappa shape index (κ3) is 2.95. The van der Waals surface area contributed by atoms with Crippen molar-refractivity contribution in [1.82, 2.24) is 19.9 Å². The molecule has 6 nitrogen and oxygen atoms in total. The highest BCUT2D eigenvalue weighted by atomic mass is 32.1. The number of nitrogens with one attached hydrogen (secondary N) is 2. The van der Waals surface area contributed by atoms with Crippen molar-refractivity contribution in [3.05, 3.63) is 35.5 Å². The van der Waals surface area contributed by atoms with Gasteiger partial charge in [-0.1, -0.05) is 0 Å². The molecule has 4 aromatic rings. The van der Waals surface area contributed by atoms with Crippen LogP contribution in [-0.4, -0.2) is 33.0 Å². The number of thiophene rings is 2. The minimum atomic E-state index is 0.843. The molecule has 0 radical (unpaired) electrons. The average molecular weight is 342 g/mol. The van der Waals surface area contributed by atoms with Gasteiger partial charge in [-0.15, -0.1) is 22.7 Å². The quantitative estimate of drug-likeness (QED) is 0.521. The van der Waals surface area contributed by atoms with Gasteiger partial charge in [-0.2, -0.15) is 0 Å². The molecule has 116 valence electrons. The maximum absolute atomic E-state index is 4.32. The third-order valence-corrected chi connectivity index (χ3v) is 5.25. The fourth-order valence-corrected chi connectivity index (χ4v) is 3.95. The smallest absolute Gasteiger partial charge is 0.147 e. The summed E-state index contributed by atoms with van der Waals surface area (Å²) >= 11 is 3.32. The monoisotopic (exact) mass is 342 g/mol. The summed E-state index contributed by atoms with van der Waals surface area (Å²) in [4.78, 5) is 17.1. The summed E-state index contributed by atoms with van der Waals surface area (Å²) in [6.45, 7) is 1.69. The van der Waals surface area contributed by atoms with E-state index in [1.807, 2.05) is 22.9 Å². The molecule has 23 heavy (non-hydrogen) atoms. The molecule has 0 aliphatic heterocycles. The van der Waals surface area contributed by atoms with Crippen molar-refractivity contribution in [1.29, 1.82) is 0 Å². The van der Waals surface area contributed by atoms with E-state index < -0.39 is 0 Å². The Bertz CT molecular complexity index is 856. The largest absolute Gasteiger partial charge is 0.369 e. The molecule has 4 heterocycles. The summed E-state index contributed by atoms with van der Waals surface area (Å²) in [6.07, 6.45) is 4.17. The van der Waals surface area contributed by atoms with Gasteiger partial charge in [-0.25, -0.2) is 19.9 Å². The average Bonchev–Trinajstić information content (AvgIpc) is 3.24. The van der Waals surface area contributed by atoms with E-state index in [0.717, 1.165) is 51.6 Å². The van der Waals surface area contributed by atoms with Gasteiger partial charge in [0.05, 0.1) is 20.4 Å². The molecule has 0 aliphatic carbocycles. The van der Waals surface area contributed by atoms with Crippen molar-refractivity contribution in [3.8, 4) is 0 Å². The van der Waals surface area contributed by atoms with Gasteiger partial charge in [0.15, 0.2) is 0 Å². The van der Waals surface area contributed by atoms with Crippen LogP contribution in [0.2, 0.25) is 0 Å². The first-order chi connectivity index (χ1) is 11.4. The van der Waals surface area contributed by atoms with Crippen LogP contribution in [0.25, 0.3) is 20.4 Å². The Morgan fingerprint density at radius 3 is 1.78 bits per heavy atom. The second-order valence-electron chi connectivity index (χ2n) is 4.92. The lowest BCUT2D eigenvalue weighted by Crippen LogP contribution is -2.10. The molecule has 0 aliphatic rings. The van der Waals surface area contributed by atoms with Crippen LogP contribution in [0.5, 0.6) is 0 Å². The van der Waals surface area contributed by atoms with E-state index in [4.69, 9.17) is 0 Å². The summed E-state index contributed by atoms with van der Waals surface area (Å²) in [5, 5.41) is 10.8. The van der Waals surface area contributed by atoms with Gasteiger partial charge in [0.25, 0.3) is 0 Å². The zero-order chi connectivity index (χ0) is 15.5. The topological polar surface area (TPSA) is 75.6 Å². The number of hydrogen-bond donors (Lipinski definition) is 2. The Balaban J connectivity index is 1.32. The van der Waals surface area contributed by atoms with Gasteiger partial charge in [-0.3, -0.25) is 0 Å². The number of fused-ring (bicyclic) bond motifs is 2. The van der Waals surface area contributed by atoms with Crippen LogP contribution in [0.4, 0.5) is 11.6 Å². The van der Waals surface area contributed by atoms with E-state index in [2.05, 4.69) is 30.6 Å². The van der Waals surface area contributed by atoms with Gasteiger partial charge in [0, 0.05) is 13.1 Å². The van der Waals surface area contributed by atoms with Gasteiger partial charge >= 0.3 is 0 Å². The van der Waals surface area contributed by atoms with Gasteiger partial charge in [0.1, 0.15) is 24.3 Å². The molecule has 0 saturated heterocycles. The molecule has 4 aromatic heterocycles. The van der Waals surface area contributed by atoms with Crippen molar-refractivity contribution in [3.63, 3.8) is 0 Å². The molecule has 0 saturated carbocycles. The van der Waals surface area contributed by atoms with Crippen LogP contribution in [-0.2, 0) is 0 Å². The highest BCUT2D eigenvalue weighted by Gasteiger charge is 2.05. The summed E-state index contributed by atoms with van der Waals surface area (Å²) in [7, 11) is 0. The number of aromatic nitrogens is 4. The molecule has 0 unspecified atom stereocenters. The highest BCUT2D eigenvalue weighted by molar-refractivity contribution is 7.18. The zero-order valence-corrected chi connectivity index (χ0v) is 13.8. The molecule has 0 fully saturated rings. The fourth-order valence-electron chi connectivity index (χ4n) is 2.33. The van der Waals surface area contributed by atoms with Crippen LogP contribution in [0.15, 0.2) is 35.5 Å². The maximum atomic E-state index is 4.32. The molecular weight excluding hydrogens is 328 g/mol. The first kappa shape index (κ1) is 14.3. The molecule has 0 amide bonds. The van der Waals surface area contributed by atoms with E-state index in [1.54, 1.807) is 35.3 Å². The minimum Gasteiger partial charge on any atom is -0.369 e. The van der Waals surface area contributed by atoms with Crippen LogP contribution in [0, 0.1) is 0 Å². The van der Waals surface area contributed by atoms with Crippen molar-refractivity contribution >= 4 is 54.7 Å². The highest BCUT2D eigenvalue weighted by Crippen LogP contribution is 2.25. The number of nitrogens with zero attached hydrogens (tertiary/aromatic N) is 4. The molecular formula is C15H14N6S2. The molecule has 8 heteroatoms. The van der Waals surface area contributed by atoms with Crippen LogP contribution in [0.3, 0.4) is 0 Å². The summed E-state index contributed by atoms with van der Waals surface area (Å²) in [5.74, 6) is 1.82. The van der Waals surface area contributed by atoms with E-state index in [0.29, 0.717) is 0 Å². The maximum Gasteiger partial charge on any atom is 0.147 e. The van der Waals surface area contributed by atoms with E-state index in [9.17, 15) is 0 Å². The summed E-state index contributed by atoms with van der Waals surface area (Å²) in [6, 6.07) is 4.02. The Morgan fingerprint density at radius 1 is 0.739 bits per heavy atom. The second kappa shape index (κ2) is 6.43. The van der Waals surface area contributed by atoms with Crippen molar-refractivity contribution in [2.75, 3.05) is 23.7 Å². The predicted octanol–water partition coefficient (Wildman–Crippen LogP) is 3.61. The summed E-state index contributed by atoms with van der Waals surface area (Å²) in [5.41, 5.74) is 1.98. The molecule has 2 N–H and O–H groups in total. The van der Waals surface area contributed by atoms with Gasteiger partial charge < -0.3 is 10.6 Å². The molecule has 0 spiro atoms. The Labute approximate surface area is 140 Å². The van der Waals surface area contributed by atoms with Crippen molar-refractivity contribution in [2.24, 2.45) is 0 Å². The van der Waals surface area contributed by atoms with Gasteiger partial charge in [-0.05, 0) is 29.3 Å². The Kier molecular flexibility index (Phi) is 3.99. The SMILES string of the molecule is c1nc(NCCCNc2ncnc3ccsc23)c2sccc2n1. The summed E-state index contributed by atoms with van der Waals surface area (Å²) < 4.78 is 2.22. The minimum absolute atomic E-state index is 0.843. The number of anilines is 2. The fraction of sp³-hybridized carbons (Fsp3) is 0.200. The van der Waals surface area contributed by atoms with E-state index in [-0.39, 0.29) is 0 Å². The standard InChI is InChI=1S/C15H14N6S2/c1(4-16-14-12-10(2-6-22-12)18-8-20-14)5-17-15-13-11(3-7-23-13)19-9-21-15/h2-3,6-9H,1,4-5H2,(H,16,18,20)(H,17,19,21). The second-order valence-corrected chi connectivity index (χ2v) is 6.75. The molecule has 0 atom stereocenters. The van der Waals surface area contributed by atoms with E-state index in [1.165, 1.54) is 0 Å². The van der Waals surface area contributed by atoms with Crippen LogP contribution >= 0.6 is 22.7 Å². The predicted molar refractivity (Wildman–Crippen MR) is 96.4 cm³/mol. The van der Waals surface area contributed by atoms with Crippen molar-refractivity contribution in [2.45, 2.75) is 6.42 Å². The van der Waals surface area contributed by atoms with Crippen LogP contribution in [0.1, 0.15) is 6.42 Å². The lowest BCUT2D eigenvalue weighted by atomic mass is 10.4. The lowest BCUT2D eigenvalue weighted by Gasteiger charge is -2.08. The first-order valence-electron chi connectivity index (χ1n) is 7.26. The molecule has 4 rings (SSSR count). The van der Waals surface area contributed by atoms with Crippen LogP contribution < -0.4 is 10.6 Å². The Morgan fingerprint density at radius 2 is 1.26 bits per heavy atom. The van der Waals surface area contributed by atoms with Gasteiger partial charge in [0.2, 0.25) is 0 Å². The van der Waals surface area contributed by atoms with Crippen molar-refractivity contribution < 1.29 is 0 Å². The lowest BCUT2D eigenvalue weighted by molar-refractivity contribution is 0.900. The normalized spacial score (nSPS) is 11.1. The van der Waals surface area contributed by atoms with E-state index >= 15 is 0 Å². The molecule has 0 aromatic carbocycles. The number of hydrogen-bond acceptors (Lipinski definition) is 8. The number of rotatable bonds is 6. The first-order valence-corrected chi connectivity index (χ1v) is 9.02.